The van der Waals surface area contributed by atoms with Crippen molar-refractivity contribution in [1.82, 2.24) is 19.5 Å². The highest BCUT2D eigenvalue weighted by atomic mass is 32.2. The molecule has 178 valence electrons. The number of rotatable bonds is 10. The van der Waals surface area contributed by atoms with Crippen molar-refractivity contribution in [3.05, 3.63) is 48.7 Å². The van der Waals surface area contributed by atoms with Crippen LogP contribution in [0.15, 0.2) is 48.7 Å². The van der Waals surface area contributed by atoms with Crippen molar-refractivity contribution >= 4 is 10.0 Å². The SMILES string of the molecule is COc1ccc(-n2nc(OCC(F)(F)F)cc2-c2ccccc2OCCNS(C)(=O)=O)cn1. The minimum atomic E-state index is -4.53. The Morgan fingerprint density at radius 2 is 1.85 bits per heavy atom. The van der Waals surface area contributed by atoms with Crippen LogP contribution < -0.4 is 18.9 Å². The first-order valence-electron chi connectivity index (χ1n) is 9.52. The number of sulfonamides is 1. The molecule has 0 aliphatic rings. The summed E-state index contributed by atoms with van der Waals surface area (Å²) in [6.45, 7) is -1.44. The lowest BCUT2D eigenvalue weighted by atomic mass is 10.1. The van der Waals surface area contributed by atoms with Crippen molar-refractivity contribution in [2.75, 3.05) is 33.1 Å². The van der Waals surface area contributed by atoms with Crippen LogP contribution >= 0.6 is 0 Å². The Morgan fingerprint density at radius 3 is 2.48 bits per heavy atom. The van der Waals surface area contributed by atoms with Gasteiger partial charge in [-0.05, 0) is 18.2 Å². The third kappa shape index (κ3) is 7.08. The number of hydrogen-bond donors (Lipinski definition) is 1. The summed E-state index contributed by atoms with van der Waals surface area (Å²) in [4.78, 5) is 4.11. The van der Waals surface area contributed by atoms with Gasteiger partial charge in [0.15, 0.2) is 6.61 Å². The second-order valence-electron chi connectivity index (χ2n) is 6.75. The standard InChI is InChI=1S/C20H21F3N4O5S/c1-30-18-8-7-14(12-24-18)27-16(11-19(26-27)32-13-20(21,22)23)15-5-3-4-6-17(15)31-10-9-25-33(2,28)29/h3-8,11-12,25H,9-10,13H2,1-2H3. The zero-order chi connectivity index (χ0) is 24.1. The number of alkyl halides is 3. The molecule has 1 N–H and O–H groups in total. The summed E-state index contributed by atoms with van der Waals surface area (Å²) in [6, 6.07) is 11.3. The summed E-state index contributed by atoms with van der Waals surface area (Å²) in [5.74, 6) is 0.479. The van der Waals surface area contributed by atoms with E-state index in [0.717, 1.165) is 6.26 Å². The number of halogens is 3. The van der Waals surface area contributed by atoms with E-state index in [-0.39, 0.29) is 19.0 Å². The number of methoxy groups -OCH3 is 1. The summed E-state index contributed by atoms with van der Waals surface area (Å²) in [5.41, 5.74) is 1.33. The Hall–Kier alpha value is -3.32. The monoisotopic (exact) mass is 486 g/mol. The number of benzene rings is 1. The largest absolute Gasteiger partial charge is 0.492 e. The zero-order valence-corrected chi connectivity index (χ0v) is 18.5. The molecule has 0 bridgehead atoms. The second-order valence-corrected chi connectivity index (χ2v) is 8.59. The van der Waals surface area contributed by atoms with Gasteiger partial charge in [0.1, 0.15) is 12.4 Å². The summed E-state index contributed by atoms with van der Waals surface area (Å²) in [6.07, 6.45) is -2.05. The molecule has 0 saturated heterocycles. The molecule has 0 radical (unpaired) electrons. The van der Waals surface area contributed by atoms with Gasteiger partial charge in [0.25, 0.3) is 0 Å². The molecule has 9 nitrogen and oxygen atoms in total. The molecule has 0 saturated carbocycles. The van der Waals surface area contributed by atoms with Crippen molar-refractivity contribution in [2.24, 2.45) is 0 Å². The van der Waals surface area contributed by atoms with Gasteiger partial charge in [-0.2, -0.15) is 13.2 Å². The highest BCUT2D eigenvalue weighted by Gasteiger charge is 2.29. The van der Waals surface area contributed by atoms with E-state index in [1.807, 2.05) is 0 Å². The van der Waals surface area contributed by atoms with Crippen molar-refractivity contribution in [1.29, 1.82) is 0 Å². The van der Waals surface area contributed by atoms with E-state index in [0.29, 0.717) is 28.6 Å². The number of para-hydroxylation sites is 1. The van der Waals surface area contributed by atoms with Crippen LogP contribution in [0.2, 0.25) is 0 Å². The van der Waals surface area contributed by atoms with E-state index < -0.39 is 22.8 Å². The molecule has 0 aliphatic heterocycles. The molecule has 33 heavy (non-hydrogen) atoms. The molecular formula is C20H21F3N4O5S. The van der Waals surface area contributed by atoms with Crippen LogP contribution in [0, 0.1) is 0 Å². The molecular weight excluding hydrogens is 465 g/mol. The third-order valence-electron chi connectivity index (χ3n) is 4.13. The predicted octanol–water partition coefficient (Wildman–Crippen LogP) is 2.81. The molecule has 2 heterocycles. The van der Waals surface area contributed by atoms with E-state index in [1.165, 1.54) is 24.1 Å². The Labute approximate surface area is 188 Å². The number of aromatic nitrogens is 3. The van der Waals surface area contributed by atoms with E-state index in [1.54, 1.807) is 36.4 Å². The minimum absolute atomic E-state index is 0.0275. The molecule has 0 fully saturated rings. The number of nitrogens with one attached hydrogen (secondary N) is 1. The quantitative estimate of drug-likeness (QED) is 0.440. The van der Waals surface area contributed by atoms with Crippen LogP contribution in [-0.2, 0) is 10.0 Å². The van der Waals surface area contributed by atoms with Gasteiger partial charge < -0.3 is 14.2 Å². The molecule has 3 rings (SSSR count). The fourth-order valence-corrected chi connectivity index (χ4v) is 3.24. The zero-order valence-electron chi connectivity index (χ0n) is 17.7. The fourth-order valence-electron chi connectivity index (χ4n) is 2.79. The molecule has 3 aromatic rings. The topological polar surface area (TPSA) is 105 Å². The molecule has 0 unspecified atom stereocenters. The van der Waals surface area contributed by atoms with Crippen LogP contribution in [0.4, 0.5) is 13.2 Å². The average molecular weight is 486 g/mol. The van der Waals surface area contributed by atoms with Crippen LogP contribution in [0.3, 0.4) is 0 Å². The number of pyridine rings is 1. The van der Waals surface area contributed by atoms with Crippen molar-refractivity contribution in [2.45, 2.75) is 6.18 Å². The highest BCUT2D eigenvalue weighted by molar-refractivity contribution is 7.88. The smallest absolute Gasteiger partial charge is 0.422 e. The Balaban J connectivity index is 1.95. The van der Waals surface area contributed by atoms with Gasteiger partial charge in [-0.15, -0.1) is 5.10 Å². The minimum Gasteiger partial charge on any atom is -0.492 e. The molecule has 2 aromatic heterocycles. The van der Waals surface area contributed by atoms with Crippen LogP contribution in [0.1, 0.15) is 0 Å². The molecule has 0 amide bonds. The second kappa shape index (κ2) is 10.1. The number of ether oxygens (including phenoxy) is 3. The first kappa shape index (κ1) is 24.3. The maximum atomic E-state index is 12.6. The van der Waals surface area contributed by atoms with Gasteiger partial charge >= 0.3 is 6.18 Å². The predicted molar refractivity (Wildman–Crippen MR) is 113 cm³/mol. The highest BCUT2D eigenvalue weighted by Crippen LogP contribution is 2.34. The van der Waals surface area contributed by atoms with E-state index in [2.05, 4.69) is 14.8 Å². The lowest BCUT2D eigenvalue weighted by molar-refractivity contribution is -0.154. The first-order chi connectivity index (χ1) is 15.6. The summed E-state index contributed by atoms with van der Waals surface area (Å²) in [5, 5.41) is 4.15. The van der Waals surface area contributed by atoms with Crippen molar-refractivity contribution in [3.8, 4) is 34.5 Å². The fraction of sp³-hybridized carbons (Fsp3) is 0.300. The summed E-state index contributed by atoms with van der Waals surface area (Å²) >= 11 is 0. The molecule has 0 aliphatic carbocycles. The number of nitrogens with zero attached hydrogens (tertiary/aromatic N) is 3. The van der Waals surface area contributed by atoms with Gasteiger partial charge in [0.05, 0.1) is 30.9 Å². The van der Waals surface area contributed by atoms with Gasteiger partial charge in [-0.25, -0.2) is 22.8 Å². The lowest BCUT2D eigenvalue weighted by Crippen LogP contribution is -2.26. The summed E-state index contributed by atoms with van der Waals surface area (Å²) < 4.78 is 79.7. The normalized spacial score (nSPS) is 11.9. The molecule has 0 atom stereocenters. The van der Waals surface area contributed by atoms with E-state index >= 15 is 0 Å². The van der Waals surface area contributed by atoms with Crippen LogP contribution in [-0.4, -0.2) is 62.5 Å². The molecule has 1 aromatic carbocycles. The molecule has 13 heteroatoms. The van der Waals surface area contributed by atoms with Crippen molar-refractivity contribution in [3.63, 3.8) is 0 Å². The van der Waals surface area contributed by atoms with Crippen molar-refractivity contribution < 1.29 is 35.8 Å². The van der Waals surface area contributed by atoms with Gasteiger partial charge in [0, 0.05) is 24.2 Å². The maximum absolute atomic E-state index is 12.6. The van der Waals surface area contributed by atoms with Crippen LogP contribution in [0.25, 0.3) is 16.9 Å². The van der Waals surface area contributed by atoms with Gasteiger partial charge in [0.2, 0.25) is 21.8 Å². The van der Waals surface area contributed by atoms with E-state index in [9.17, 15) is 21.6 Å². The summed E-state index contributed by atoms with van der Waals surface area (Å²) in [7, 11) is -1.92. The Morgan fingerprint density at radius 1 is 1.09 bits per heavy atom. The maximum Gasteiger partial charge on any atom is 0.422 e. The average Bonchev–Trinajstić information content (AvgIpc) is 3.19. The first-order valence-corrected chi connectivity index (χ1v) is 11.4. The number of hydrogen-bond acceptors (Lipinski definition) is 7. The lowest BCUT2D eigenvalue weighted by Gasteiger charge is -2.13. The van der Waals surface area contributed by atoms with Gasteiger partial charge in [-0.1, -0.05) is 12.1 Å². The Kier molecular flexibility index (Phi) is 7.43. The molecule has 0 spiro atoms. The van der Waals surface area contributed by atoms with Gasteiger partial charge in [-0.3, -0.25) is 0 Å². The third-order valence-corrected chi connectivity index (χ3v) is 4.86. The van der Waals surface area contributed by atoms with Crippen LogP contribution in [0.5, 0.6) is 17.5 Å². The van der Waals surface area contributed by atoms with E-state index in [4.69, 9.17) is 14.2 Å². The Bertz CT molecular complexity index is 1180.